The molecular weight excluding hydrogens is 576 g/mol. The van der Waals surface area contributed by atoms with Crippen molar-refractivity contribution in [3.05, 3.63) is 76.6 Å². The Labute approximate surface area is 252 Å². The van der Waals surface area contributed by atoms with E-state index in [1.807, 2.05) is 73.4 Å². The lowest BCUT2D eigenvalue weighted by Crippen LogP contribution is -2.38. The Morgan fingerprint density at radius 3 is 2.76 bits per heavy atom. The number of benzene rings is 2. The molecule has 0 spiro atoms. The summed E-state index contributed by atoms with van der Waals surface area (Å²) in [6, 6.07) is 13.5. The van der Waals surface area contributed by atoms with Crippen LogP contribution in [0.15, 0.2) is 61.2 Å². The Morgan fingerprint density at radius 1 is 1.17 bits per heavy atom. The van der Waals surface area contributed by atoms with Gasteiger partial charge in [0.1, 0.15) is 40.4 Å². The number of imidazole rings is 1. The van der Waals surface area contributed by atoms with Crippen LogP contribution in [0.3, 0.4) is 0 Å². The van der Waals surface area contributed by atoms with Crippen molar-refractivity contribution in [3.8, 4) is 27.6 Å². The number of aromatic nitrogens is 4. The van der Waals surface area contributed by atoms with Crippen molar-refractivity contribution in [1.29, 1.82) is 0 Å². The van der Waals surface area contributed by atoms with Gasteiger partial charge < -0.3 is 19.9 Å². The molecule has 0 unspecified atom stereocenters. The van der Waals surface area contributed by atoms with Gasteiger partial charge in [-0.15, -0.1) is 11.3 Å². The van der Waals surface area contributed by atoms with E-state index < -0.39 is 12.0 Å². The molecule has 0 saturated carbocycles. The maximum absolute atomic E-state index is 12.4. The van der Waals surface area contributed by atoms with Gasteiger partial charge in [-0.1, -0.05) is 29.8 Å². The van der Waals surface area contributed by atoms with E-state index >= 15 is 0 Å². The number of nitrogens with zero attached hydrogens (tertiary/aromatic N) is 5. The lowest BCUT2D eigenvalue weighted by Gasteiger charge is -2.26. The lowest BCUT2D eigenvalue weighted by atomic mass is 10.1. The van der Waals surface area contributed by atoms with Crippen LogP contribution in [0.2, 0.25) is 5.02 Å². The van der Waals surface area contributed by atoms with Gasteiger partial charge in [-0.2, -0.15) is 5.10 Å². The smallest absolute Gasteiger partial charge is 0.262 e. The molecule has 2 aromatic carbocycles. The molecule has 1 saturated heterocycles. The summed E-state index contributed by atoms with van der Waals surface area (Å²) < 4.78 is 21.4. The number of morpholine rings is 1. The molecule has 1 amide bonds. The lowest BCUT2D eigenvalue weighted by molar-refractivity contribution is 0.0322. The average molecular weight is 607 g/mol. The predicted molar refractivity (Wildman–Crippen MR) is 163 cm³/mol. The highest BCUT2D eigenvalue weighted by Gasteiger charge is 2.22. The van der Waals surface area contributed by atoms with Crippen LogP contribution in [-0.4, -0.2) is 69.6 Å². The van der Waals surface area contributed by atoms with E-state index in [0.717, 1.165) is 65.6 Å². The number of hydrogen-bond acceptors (Lipinski definition) is 8. The molecular formula is C30H31ClN6O4S. The molecule has 1 aliphatic rings. The fourth-order valence-corrected chi connectivity index (χ4v) is 6.26. The van der Waals surface area contributed by atoms with Crippen LogP contribution in [0.4, 0.5) is 0 Å². The Bertz CT molecular complexity index is 1720. The summed E-state index contributed by atoms with van der Waals surface area (Å²) in [6.45, 7) is 6.47. The third-order valence-electron chi connectivity index (χ3n) is 7.24. The summed E-state index contributed by atoms with van der Waals surface area (Å²) in [4.78, 5) is 19.6. The molecule has 42 heavy (non-hydrogen) atoms. The Hall–Kier alpha value is -3.90. The average Bonchev–Trinajstić information content (AvgIpc) is 3.72. The van der Waals surface area contributed by atoms with Crippen molar-refractivity contribution in [2.24, 2.45) is 12.8 Å². The highest BCUT2D eigenvalue weighted by molar-refractivity contribution is 7.16. The van der Waals surface area contributed by atoms with Gasteiger partial charge in [-0.3, -0.25) is 18.9 Å². The fourth-order valence-electron chi connectivity index (χ4n) is 4.99. The molecule has 0 radical (unpaired) electrons. The van der Waals surface area contributed by atoms with E-state index in [9.17, 15) is 4.79 Å². The van der Waals surface area contributed by atoms with E-state index in [4.69, 9.17) is 31.5 Å². The van der Waals surface area contributed by atoms with Gasteiger partial charge in [0, 0.05) is 50.1 Å². The second kappa shape index (κ2) is 12.1. The van der Waals surface area contributed by atoms with Crippen molar-refractivity contribution in [2.75, 3.05) is 39.5 Å². The number of fused-ring (bicyclic) bond motifs is 1. The Kier molecular flexibility index (Phi) is 8.16. The molecule has 4 heterocycles. The minimum atomic E-state index is -0.567. The molecule has 0 aliphatic carbocycles. The summed E-state index contributed by atoms with van der Waals surface area (Å²) in [6.07, 6.45) is 5.04. The van der Waals surface area contributed by atoms with E-state index in [1.165, 1.54) is 11.3 Å². The third-order valence-corrected chi connectivity index (χ3v) is 8.77. The summed E-state index contributed by atoms with van der Waals surface area (Å²) in [5, 5.41) is 5.49. The summed E-state index contributed by atoms with van der Waals surface area (Å²) >= 11 is 8.01. The first-order valence-corrected chi connectivity index (χ1v) is 14.8. The van der Waals surface area contributed by atoms with Gasteiger partial charge in [-0.05, 0) is 30.7 Å². The van der Waals surface area contributed by atoms with E-state index in [2.05, 4.69) is 15.0 Å². The number of halogens is 1. The van der Waals surface area contributed by atoms with Crippen LogP contribution in [0.5, 0.6) is 11.5 Å². The van der Waals surface area contributed by atoms with Crippen LogP contribution in [-0.2, 0) is 11.8 Å². The first-order valence-electron chi connectivity index (χ1n) is 13.7. The van der Waals surface area contributed by atoms with Crippen LogP contribution >= 0.6 is 22.9 Å². The van der Waals surface area contributed by atoms with Crippen LogP contribution in [0.25, 0.3) is 27.2 Å². The number of carbonyl (C=O) groups is 1. The van der Waals surface area contributed by atoms with Crippen LogP contribution in [0.1, 0.15) is 28.3 Å². The molecule has 12 heteroatoms. The van der Waals surface area contributed by atoms with E-state index in [-0.39, 0.29) is 0 Å². The molecule has 1 aliphatic heterocycles. The van der Waals surface area contributed by atoms with E-state index in [1.54, 1.807) is 11.0 Å². The first kappa shape index (κ1) is 28.2. The monoisotopic (exact) mass is 606 g/mol. The second-order valence-electron chi connectivity index (χ2n) is 10.1. The summed E-state index contributed by atoms with van der Waals surface area (Å²) in [5.41, 5.74) is 10.3. The topological polar surface area (TPSA) is 110 Å². The third kappa shape index (κ3) is 5.86. The van der Waals surface area contributed by atoms with Crippen LogP contribution < -0.4 is 15.2 Å². The Morgan fingerprint density at radius 2 is 2.00 bits per heavy atom. The number of nitrogens with two attached hydrogens (primary N) is 1. The highest BCUT2D eigenvalue weighted by Crippen LogP contribution is 2.39. The van der Waals surface area contributed by atoms with E-state index in [0.29, 0.717) is 28.0 Å². The van der Waals surface area contributed by atoms with Gasteiger partial charge in [0.15, 0.2) is 0 Å². The standard InChI is InChI=1S/C30H31ClN6O4S/c1-19(22-4-3-5-25(28(22)31)40-13-10-36-8-11-39-12-9-36)41-26-15-27(42-29(26)30(32)38)37-18-33-23-14-20(6-7-24(23)37)21-16-34-35(2)17-21/h3-7,14-19H,8-13H2,1-2H3,(H2,32,38)/t19-/m1/s1. The van der Waals surface area contributed by atoms with Crippen molar-refractivity contribution in [2.45, 2.75) is 13.0 Å². The van der Waals surface area contributed by atoms with Gasteiger partial charge in [0.2, 0.25) is 0 Å². The van der Waals surface area contributed by atoms with Crippen LogP contribution in [0, 0.1) is 0 Å². The van der Waals surface area contributed by atoms with Gasteiger partial charge in [0.25, 0.3) is 5.91 Å². The number of primary amides is 1. The summed E-state index contributed by atoms with van der Waals surface area (Å²) in [5.74, 6) is 0.413. The molecule has 0 bridgehead atoms. The first-order chi connectivity index (χ1) is 20.4. The highest BCUT2D eigenvalue weighted by atomic mass is 35.5. The van der Waals surface area contributed by atoms with Gasteiger partial charge in [0.05, 0.1) is 35.5 Å². The quantitative estimate of drug-likeness (QED) is 0.236. The molecule has 218 valence electrons. The van der Waals surface area contributed by atoms with Gasteiger partial charge >= 0.3 is 0 Å². The van der Waals surface area contributed by atoms with Crippen molar-refractivity contribution in [1.82, 2.24) is 24.2 Å². The zero-order valence-corrected chi connectivity index (χ0v) is 24.9. The fraction of sp³-hybridized carbons (Fsp3) is 0.300. The number of hydrogen-bond donors (Lipinski definition) is 1. The maximum atomic E-state index is 12.4. The zero-order valence-electron chi connectivity index (χ0n) is 23.3. The number of amides is 1. The molecule has 1 atom stereocenters. The van der Waals surface area contributed by atoms with Crippen molar-refractivity contribution < 1.29 is 19.0 Å². The molecule has 10 nitrogen and oxygen atoms in total. The second-order valence-corrected chi connectivity index (χ2v) is 11.5. The maximum Gasteiger partial charge on any atom is 0.262 e. The Balaban J connectivity index is 1.21. The normalized spacial score (nSPS) is 14.7. The number of rotatable bonds is 10. The molecule has 5 aromatic rings. The SMILES string of the molecule is C[C@@H](Oc1cc(-n2cnc3cc(-c4cnn(C)c4)ccc32)sc1C(N)=O)c1cccc(OCCN2CCOCC2)c1Cl. The number of ether oxygens (including phenoxy) is 3. The number of aryl methyl sites for hydroxylation is 1. The number of thiophene rings is 1. The molecule has 6 rings (SSSR count). The van der Waals surface area contributed by atoms with Crippen molar-refractivity contribution >= 4 is 39.9 Å². The molecule has 2 N–H and O–H groups in total. The number of carbonyl (C=O) groups excluding carboxylic acids is 1. The largest absolute Gasteiger partial charge is 0.491 e. The minimum absolute atomic E-state index is 0.319. The zero-order chi connectivity index (χ0) is 29.2. The predicted octanol–water partition coefficient (Wildman–Crippen LogP) is 5.09. The van der Waals surface area contributed by atoms with Crippen molar-refractivity contribution in [3.63, 3.8) is 0 Å². The molecule has 1 fully saturated rings. The molecule has 3 aromatic heterocycles. The summed E-state index contributed by atoms with van der Waals surface area (Å²) in [7, 11) is 1.89. The minimum Gasteiger partial charge on any atom is -0.491 e. The van der Waals surface area contributed by atoms with Gasteiger partial charge in [-0.25, -0.2) is 4.98 Å².